The molecule has 0 aromatic heterocycles. The number of nitrogens with one attached hydrogen (secondary N) is 1. The van der Waals surface area contributed by atoms with Gasteiger partial charge in [-0.25, -0.2) is 0 Å². The molecule has 0 unspecified atom stereocenters. The maximum atomic E-state index is 5.82. The summed E-state index contributed by atoms with van der Waals surface area (Å²) in [5, 5.41) is 3.42. The van der Waals surface area contributed by atoms with Crippen molar-refractivity contribution in [3.05, 3.63) is 29.8 Å². The van der Waals surface area contributed by atoms with E-state index in [9.17, 15) is 0 Å². The van der Waals surface area contributed by atoms with E-state index in [1.165, 1.54) is 11.3 Å². The lowest BCUT2D eigenvalue weighted by Crippen LogP contribution is -2.27. The molecule has 22 heavy (non-hydrogen) atoms. The van der Waals surface area contributed by atoms with E-state index < -0.39 is 0 Å². The number of alkyl halides is 2. The summed E-state index contributed by atoms with van der Waals surface area (Å²) in [6, 6.07) is 8.58. The second-order valence-corrected chi connectivity index (χ2v) is 5.46. The lowest BCUT2D eigenvalue weighted by atomic mass is 10.2. The monoisotopic (exact) mass is 389 g/mol. The van der Waals surface area contributed by atoms with E-state index in [4.69, 9.17) is 28.9 Å². The largest absolute Gasteiger partial charge is 0.369 e. The lowest BCUT2D eigenvalue weighted by Gasteiger charge is -2.23. The first-order valence-corrected chi connectivity index (χ1v) is 8.25. The van der Waals surface area contributed by atoms with E-state index in [0.29, 0.717) is 11.8 Å². The number of anilines is 1. The molecule has 0 spiro atoms. The molecule has 0 saturated heterocycles. The molecule has 1 aromatic rings. The summed E-state index contributed by atoms with van der Waals surface area (Å²) in [7, 11) is 0. The van der Waals surface area contributed by atoms with Crippen molar-refractivity contribution in [2.45, 2.75) is 19.4 Å². The molecule has 0 heterocycles. The van der Waals surface area contributed by atoms with E-state index in [-0.39, 0.29) is 24.8 Å². The van der Waals surface area contributed by atoms with Gasteiger partial charge in [0.25, 0.3) is 0 Å². The van der Waals surface area contributed by atoms with Crippen LogP contribution < -0.4 is 16.0 Å². The Morgan fingerprint density at radius 3 is 2.05 bits per heavy atom. The van der Waals surface area contributed by atoms with Crippen LogP contribution in [0.15, 0.2) is 24.3 Å². The third-order valence-electron chi connectivity index (χ3n) is 3.15. The predicted octanol–water partition coefficient (Wildman–Crippen LogP) is 3.64. The van der Waals surface area contributed by atoms with E-state index in [1.54, 1.807) is 0 Å². The molecule has 7 heteroatoms. The number of halogens is 4. The Balaban J connectivity index is 0. The van der Waals surface area contributed by atoms with Gasteiger partial charge in [-0.2, -0.15) is 0 Å². The van der Waals surface area contributed by atoms with Crippen molar-refractivity contribution in [1.82, 2.24) is 5.32 Å². The fourth-order valence-electron chi connectivity index (χ4n) is 2.03. The zero-order valence-electron chi connectivity index (χ0n) is 12.8. The first kappa shape index (κ1) is 24.4. The van der Waals surface area contributed by atoms with Gasteiger partial charge in [0.15, 0.2) is 0 Å². The molecule has 130 valence electrons. The molecule has 0 aliphatic rings. The fraction of sp³-hybridized carbons (Fsp3) is 0.600. The SMILES string of the molecule is Cl.Cl.NCCCCNCc1ccc(N(CCCl)CCCl)cc1. The summed E-state index contributed by atoms with van der Waals surface area (Å²) < 4.78 is 0. The quantitative estimate of drug-likeness (QED) is 0.447. The van der Waals surface area contributed by atoms with Gasteiger partial charge in [-0.15, -0.1) is 48.0 Å². The minimum Gasteiger partial charge on any atom is -0.369 e. The molecule has 0 bridgehead atoms. The number of benzene rings is 1. The van der Waals surface area contributed by atoms with Gasteiger partial charge < -0.3 is 16.0 Å². The van der Waals surface area contributed by atoms with Crippen molar-refractivity contribution in [1.29, 1.82) is 0 Å². The summed E-state index contributed by atoms with van der Waals surface area (Å²) in [5.74, 6) is 1.22. The molecule has 3 nitrogen and oxygen atoms in total. The lowest BCUT2D eigenvalue weighted by molar-refractivity contribution is 0.627. The number of hydrogen-bond donors (Lipinski definition) is 2. The van der Waals surface area contributed by atoms with Crippen molar-refractivity contribution in [2.75, 3.05) is 42.8 Å². The van der Waals surface area contributed by atoms with E-state index in [1.807, 2.05) is 0 Å². The number of hydrogen-bond acceptors (Lipinski definition) is 3. The van der Waals surface area contributed by atoms with Crippen LogP contribution in [0.5, 0.6) is 0 Å². The number of nitrogens with two attached hydrogens (primary N) is 1. The van der Waals surface area contributed by atoms with Crippen molar-refractivity contribution >= 4 is 53.7 Å². The highest BCUT2D eigenvalue weighted by molar-refractivity contribution is 6.18. The van der Waals surface area contributed by atoms with Crippen LogP contribution in [-0.4, -0.2) is 37.9 Å². The summed E-state index contributed by atoms with van der Waals surface area (Å²) in [5.41, 5.74) is 7.93. The molecule has 0 fully saturated rings. The van der Waals surface area contributed by atoms with Crippen LogP contribution in [0.3, 0.4) is 0 Å². The minimum atomic E-state index is 0. The van der Waals surface area contributed by atoms with Gasteiger partial charge in [0.2, 0.25) is 0 Å². The summed E-state index contributed by atoms with van der Waals surface area (Å²) in [6.45, 7) is 4.34. The highest BCUT2D eigenvalue weighted by atomic mass is 35.5. The standard InChI is InChI=1S/C15H25Cl2N3.2ClH/c16-7-11-20(12-8-17)15-5-3-14(4-6-15)13-19-10-2-1-9-18;;/h3-6,19H,1-2,7-13,18H2;2*1H. The van der Waals surface area contributed by atoms with Gasteiger partial charge in [-0.1, -0.05) is 12.1 Å². The number of rotatable bonds is 11. The van der Waals surface area contributed by atoms with Crippen molar-refractivity contribution < 1.29 is 0 Å². The van der Waals surface area contributed by atoms with Crippen LogP contribution in [0.4, 0.5) is 5.69 Å². The van der Waals surface area contributed by atoms with Gasteiger partial charge in [0.1, 0.15) is 0 Å². The number of unbranched alkanes of at least 4 members (excludes halogenated alkanes) is 1. The van der Waals surface area contributed by atoms with E-state index in [2.05, 4.69) is 34.5 Å². The highest BCUT2D eigenvalue weighted by Gasteiger charge is 2.04. The van der Waals surface area contributed by atoms with Crippen molar-refractivity contribution in [3.63, 3.8) is 0 Å². The van der Waals surface area contributed by atoms with E-state index in [0.717, 1.165) is 45.6 Å². The van der Waals surface area contributed by atoms with Gasteiger partial charge in [0.05, 0.1) is 0 Å². The van der Waals surface area contributed by atoms with Gasteiger partial charge in [-0.3, -0.25) is 0 Å². The fourth-order valence-corrected chi connectivity index (χ4v) is 2.43. The average Bonchev–Trinajstić information content (AvgIpc) is 2.47. The summed E-state index contributed by atoms with van der Waals surface area (Å²) in [4.78, 5) is 2.21. The minimum absolute atomic E-state index is 0. The average molecular weight is 391 g/mol. The van der Waals surface area contributed by atoms with Gasteiger partial charge in [0, 0.05) is 37.1 Å². The smallest absolute Gasteiger partial charge is 0.0399 e. The predicted molar refractivity (Wildman–Crippen MR) is 105 cm³/mol. The summed E-state index contributed by atoms with van der Waals surface area (Å²) in [6.07, 6.45) is 2.21. The van der Waals surface area contributed by atoms with Crippen LogP contribution in [0.2, 0.25) is 0 Å². The zero-order chi connectivity index (χ0) is 14.6. The van der Waals surface area contributed by atoms with Crippen LogP contribution in [-0.2, 0) is 6.54 Å². The Bertz CT molecular complexity index is 343. The molecule has 0 atom stereocenters. The highest BCUT2D eigenvalue weighted by Crippen LogP contribution is 2.15. The second-order valence-electron chi connectivity index (χ2n) is 4.70. The van der Waals surface area contributed by atoms with Gasteiger partial charge in [-0.05, 0) is 43.6 Å². The van der Waals surface area contributed by atoms with Crippen LogP contribution in [0.25, 0.3) is 0 Å². The second kappa shape index (κ2) is 16.0. The third kappa shape index (κ3) is 9.98. The molecule has 0 radical (unpaired) electrons. The molecule has 1 rings (SSSR count). The first-order chi connectivity index (χ1) is 9.81. The van der Waals surface area contributed by atoms with E-state index >= 15 is 0 Å². The molecule has 0 saturated carbocycles. The third-order valence-corrected chi connectivity index (χ3v) is 3.49. The van der Waals surface area contributed by atoms with Crippen molar-refractivity contribution in [3.8, 4) is 0 Å². The molecule has 3 N–H and O–H groups in total. The normalized spacial score (nSPS) is 9.77. The summed E-state index contributed by atoms with van der Waals surface area (Å²) >= 11 is 11.6. The molecular formula is C15H27Cl4N3. The maximum absolute atomic E-state index is 5.82. The van der Waals surface area contributed by atoms with Crippen LogP contribution >= 0.6 is 48.0 Å². The first-order valence-electron chi connectivity index (χ1n) is 7.18. The van der Waals surface area contributed by atoms with Crippen molar-refractivity contribution in [2.24, 2.45) is 5.73 Å². The Morgan fingerprint density at radius 1 is 0.955 bits per heavy atom. The molecule has 0 amide bonds. The Kier molecular flexibility index (Phi) is 17.7. The van der Waals surface area contributed by atoms with Crippen LogP contribution in [0, 0.1) is 0 Å². The zero-order valence-corrected chi connectivity index (χ0v) is 15.9. The Labute approximate surface area is 156 Å². The topological polar surface area (TPSA) is 41.3 Å². The molecule has 1 aromatic carbocycles. The molecule has 0 aliphatic heterocycles. The number of nitrogens with zero attached hydrogens (tertiary/aromatic N) is 1. The Morgan fingerprint density at radius 2 is 1.55 bits per heavy atom. The maximum Gasteiger partial charge on any atom is 0.0399 e. The molecule has 0 aliphatic carbocycles. The van der Waals surface area contributed by atoms with Crippen LogP contribution in [0.1, 0.15) is 18.4 Å². The Hall–Kier alpha value is 0.1000. The molecular weight excluding hydrogens is 364 g/mol. The van der Waals surface area contributed by atoms with Gasteiger partial charge >= 0.3 is 0 Å².